The topological polar surface area (TPSA) is 12.0 Å². The van der Waals surface area contributed by atoms with Gasteiger partial charge in [0.15, 0.2) is 0 Å². The molecule has 82 valence electrons. The first kappa shape index (κ1) is 10.9. The van der Waals surface area contributed by atoms with Gasteiger partial charge in [-0.15, -0.1) is 0 Å². The van der Waals surface area contributed by atoms with Gasteiger partial charge in [0.2, 0.25) is 0 Å². The molecule has 16 heavy (non-hydrogen) atoms. The molecule has 0 amide bonds. The van der Waals surface area contributed by atoms with Crippen LogP contribution in [0.15, 0.2) is 54.6 Å². The van der Waals surface area contributed by atoms with E-state index in [0.717, 1.165) is 0 Å². The molecular formula is C15H17N. The molecule has 0 saturated carbocycles. The van der Waals surface area contributed by atoms with Gasteiger partial charge in [-0.1, -0.05) is 54.6 Å². The van der Waals surface area contributed by atoms with Crippen LogP contribution in [0, 0.1) is 0 Å². The highest BCUT2D eigenvalue weighted by Crippen LogP contribution is 2.21. The van der Waals surface area contributed by atoms with E-state index < -0.39 is 0 Å². The molecular weight excluding hydrogens is 194 g/mol. The van der Waals surface area contributed by atoms with E-state index >= 15 is 0 Å². The Kier molecular flexibility index (Phi) is 3.37. The van der Waals surface area contributed by atoms with E-state index in [-0.39, 0.29) is 0 Å². The summed E-state index contributed by atoms with van der Waals surface area (Å²) in [4.78, 5) is 0. The molecule has 0 bridgehead atoms. The maximum Gasteiger partial charge on any atom is 0.0289 e. The molecule has 0 aliphatic rings. The third kappa shape index (κ3) is 2.31. The fraction of sp³-hybridized carbons (Fsp3) is 0.200. The Hall–Kier alpha value is -1.60. The quantitative estimate of drug-likeness (QED) is 0.817. The van der Waals surface area contributed by atoms with Crippen molar-refractivity contribution in [3.05, 3.63) is 60.2 Å². The third-order valence-electron chi connectivity index (χ3n) is 2.95. The lowest BCUT2D eigenvalue weighted by Crippen LogP contribution is -2.11. The van der Waals surface area contributed by atoms with Crippen LogP contribution < -0.4 is 5.32 Å². The molecule has 0 fully saturated rings. The summed E-state index contributed by atoms with van der Waals surface area (Å²) >= 11 is 0. The Labute approximate surface area is 97.1 Å². The molecule has 0 radical (unpaired) electrons. The van der Waals surface area contributed by atoms with Crippen molar-refractivity contribution in [2.75, 3.05) is 7.05 Å². The first-order chi connectivity index (χ1) is 7.81. The van der Waals surface area contributed by atoms with Crippen LogP contribution in [0.5, 0.6) is 0 Å². The lowest BCUT2D eigenvalue weighted by molar-refractivity contribution is 0.652. The van der Waals surface area contributed by atoms with Gasteiger partial charge < -0.3 is 5.32 Å². The second-order valence-corrected chi connectivity index (χ2v) is 4.00. The van der Waals surface area contributed by atoms with Gasteiger partial charge >= 0.3 is 0 Å². The van der Waals surface area contributed by atoms with Crippen molar-refractivity contribution in [3.63, 3.8) is 0 Å². The number of rotatable bonds is 3. The van der Waals surface area contributed by atoms with Gasteiger partial charge in [0.25, 0.3) is 0 Å². The lowest BCUT2D eigenvalue weighted by Gasteiger charge is -2.11. The van der Waals surface area contributed by atoms with Crippen LogP contribution in [0.1, 0.15) is 18.5 Å². The van der Waals surface area contributed by atoms with Crippen LogP contribution in [-0.4, -0.2) is 7.05 Å². The largest absolute Gasteiger partial charge is 0.313 e. The predicted octanol–water partition coefficient (Wildman–Crippen LogP) is 3.63. The molecule has 2 aromatic carbocycles. The van der Waals surface area contributed by atoms with E-state index in [9.17, 15) is 0 Å². The maximum absolute atomic E-state index is 3.24. The second kappa shape index (κ2) is 4.95. The van der Waals surface area contributed by atoms with E-state index in [4.69, 9.17) is 0 Å². The summed E-state index contributed by atoms with van der Waals surface area (Å²) in [6.45, 7) is 2.16. The first-order valence-electron chi connectivity index (χ1n) is 5.64. The number of nitrogens with one attached hydrogen (secondary N) is 1. The summed E-state index contributed by atoms with van der Waals surface area (Å²) in [7, 11) is 1.98. The van der Waals surface area contributed by atoms with Crippen molar-refractivity contribution in [3.8, 4) is 11.1 Å². The van der Waals surface area contributed by atoms with Gasteiger partial charge in [0.1, 0.15) is 0 Å². The summed E-state index contributed by atoms with van der Waals surface area (Å²) in [5.74, 6) is 0. The van der Waals surface area contributed by atoms with Crippen LogP contribution in [0.25, 0.3) is 11.1 Å². The van der Waals surface area contributed by atoms with Gasteiger partial charge in [0, 0.05) is 6.04 Å². The van der Waals surface area contributed by atoms with Gasteiger partial charge in [-0.2, -0.15) is 0 Å². The van der Waals surface area contributed by atoms with Crippen LogP contribution >= 0.6 is 0 Å². The summed E-state index contributed by atoms with van der Waals surface area (Å²) in [5.41, 5.74) is 3.86. The van der Waals surface area contributed by atoms with Crippen molar-refractivity contribution in [1.29, 1.82) is 0 Å². The molecule has 0 spiro atoms. The highest BCUT2D eigenvalue weighted by molar-refractivity contribution is 5.63. The third-order valence-corrected chi connectivity index (χ3v) is 2.95. The molecule has 0 aliphatic carbocycles. The van der Waals surface area contributed by atoms with Crippen LogP contribution in [0.3, 0.4) is 0 Å². The molecule has 0 unspecified atom stereocenters. The molecule has 0 heterocycles. The standard InChI is InChI=1S/C15H17N/c1-12(16-2)13-8-10-15(11-9-13)14-6-4-3-5-7-14/h3-12,16H,1-2H3/t12-/m1/s1. The highest BCUT2D eigenvalue weighted by Gasteiger charge is 2.02. The summed E-state index contributed by atoms with van der Waals surface area (Å²) < 4.78 is 0. The van der Waals surface area contributed by atoms with E-state index in [0.29, 0.717) is 6.04 Å². The van der Waals surface area contributed by atoms with Crippen LogP contribution in [0.2, 0.25) is 0 Å². The zero-order valence-corrected chi connectivity index (χ0v) is 9.77. The van der Waals surface area contributed by atoms with E-state index in [1.165, 1.54) is 16.7 Å². The summed E-state index contributed by atoms with van der Waals surface area (Å²) in [6, 6.07) is 19.6. The van der Waals surface area contributed by atoms with Crippen molar-refractivity contribution < 1.29 is 0 Å². The molecule has 0 aliphatic heterocycles. The summed E-state index contributed by atoms with van der Waals surface area (Å²) in [6.07, 6.45) is 0. The summed E-state index contributed by atoms with van der Waals surface area (Å²) in [5, 5.41) is 3.24. The monoisotopic (exact) mass is 211 g/mol. The zero-order chi connectivity index (χ0) is 11.4. The van der Waals surface area contributed by atoms with Crippen LogP contribution in [-0.2, 0) is 0 Å². The molecule has 0 saturated heterocycles. The Morgan fingerprint density at radius 1 is 0.812 bits per heavy atom. The van der Waals surface area contributed by atoms with E-state index in [1.54, 1.807) is 0 Å². The van der Waals surface area contributed by atoms with Crippen molar-refractivity contribution in [2.45, 2.75) is 13.0 Å². The molecule has 2 aromatic rings. The Morgan fingerprint density at radius 3 is 1.94 bits per heavy atom. The van der Waals surface area contributed by atoms with Gasteiger partial charge in [-0.05, 0) is 30.7 Å². The van der Waals surface area contributed by atoms with Gasteiger partial charge in [0.05, 0.1) is 0 Å². The highest BCUT2D eigenvalue weighted by atomic mass is 14.8. The second-order valence-electron chi connectivity index (χ2n) is 4.00. The van der Waals surface area contributed by atoms with Gasteiger partial charge in [-0.3, -0.25) is 0 Å². The minimum absolute atomic E-state index is 0.407. The minimum Gasteiger partial charge on any atom is -0.313 e. The smallest absolute Gasteiger partial charge is 0.0289 e. The van der Waals surface area contributed by atoms with Crippen LogP contribution in [0.4, 0.5) is 0 Å². The predicted molar refractivity (Wildman–Crippen MR) is 69.4 cm³/mol. The first-order valence-corrected chi connectivity index (χ1v) is 5.64. The average molecular weight is 211 g/mol. The SMILES string of the molecule is CN[C@H](C)c1ccc(-c2ccccc2)cc1. The minimum atomic E-state index is 0.407. The molecule has 1 N–H and O–H groups in total. The maximum atomic E-state index is 3.24. The zero-order valence-electron chi connectivity index (χ0n) is 9.77. The molecule has 1 heteroatoms. The Bertz CT molecular complexity index is 431. The number of benzene rings is 2. The average Bonchev–Trinajstić information content (AvgIpc) is 2.39. The van der Waals surface area contributed by atoms with Gasteiger partial charge in [-0.25, -0.2) is 0 Å². The lowest BCUT2D eigenvalue weighted by atomic mass is 10.0. The molecule has 2 rings (SSSR count). The fourth-order valence-electron chi connectivity index (χ4n) is 1.76. The number of hydrogen-bond donors (Lipinski definition) is 1. The number of hydrogen-bond acceptors (Lipinski definition) is 1. The van der Waals surface area contributed by atoms with Crippen molar-refractivity contribution in [2.24, 2.45) is 0 Å². The fourth-order valence-corrected chi connectivity index (χ4v) is 1.76. The molecule has 1 atom stereocenters. The van der Waals surface area contributed by atoms with E-state index in [2.05, 4.69) is 60.8 Å². The Balaban J connectivity index is 2.26. The van der Waals surface area contributed by atoms with E-state index in [1.807, 2.05) is 13.1 Å². The van der Waals surface area contributed by atoms with Crippen molar-refractivity contribution in [1.82, 2.24) is 5.32 Å². The molecule has 1 nitrogen and oxygen atoms in total. The van der Waals surface area contributed by atoms with Crippen molar-refractivity contribution >= 4 is 0 Å². The molecule has 0 aromatic heterocycles. The normalized spacial score (nSPS) is 12.4. The Morgan fingerprint density at radius 2 is 1.38 bits per heavy atom.